The zero-order valence-corrected chi connectivity index (χ0v) is 8.61. The quantitative estimate of drug-likeness (QED) is 0.764. The maximum Gasteiger partial charge on any atom is 0.142 e. The third-order valence-electron chi connectivity index (χ3n) is 3.16. The number of nitrogens with zero attached hydrogens (tertiary/aromatic N) is 2. The third-order valence-corrected chi connectivity index (χ3v) is 3.16. The molecule has 0 saturated carbocycles. The van der Waals surface area contributed by atoms with Gasteiger partial charge in [-0.15, -0.1) is 0 Å². The van der Waals surface area contributed by atoms with Crippen molar-refractivity contribution in [2.75, 3.05) is 0 Å². The van der Waals surface area contributed by atoms with Crippen molar-refractivity contribution in [3.8, 4) is 0 Å². The first-order valence-electron chi connectivity index (χ1n) is 5.48. The molecule has 1 aliphatic carbocycles. The standard InChI is InChI=1S/C12H14N2O/c15-8-9-4-3-7-14-11-6-2-1-5-10(11)13-12(9)14/h3-4,7,15H,1-2,5-6,8H2. The van der Waals surface area contributed by atoms with Crippen molar-refractivity contribution in [2.45, 2.75) is 32.3 Å². The fraction of sp³-hybridized carbons (Fsp3) is 0.417. The van der Waals surface area contributed by atoms with Crippen molar-refractivity contribution < 1.29 is 5.11 Å². The maximum atomic E-state index is 9.24. The molecule has 0 aliphatic heterocycles. The van der Waals surface area contributed by atoms with Gasteiger partial charge in [-0.3, -0.25) is 0 Å². The summed E-state index contributed by atoms with van der Waals surface area (Å²) in [5.74, 6) is 0. The molecule has 0 radical (unpaired) electrons. The van der Waals surface area contributed by atoms with Crippen LogP contribution in [0.2, 0.25) is 0 Å². The minimum atomic E-state index is 0.0697. The second kappa shape index (κ2) is 3.35. The number of hydrogen-bond donors (Lipinski definition) is 1. The topological polar surface area (TPSA) is 37.5 Å². The summed E-state index contributed by atoms with van der Waals surface area (Å²) in [6, 6.07) is 3.92. The number of imidazole rings is 1. The molecule has 3 nitrogen and oxygen atoms in total. The number of aryl methyl sites for hydroxylation is 2. The van der Waals surface area contributed by atoms with Crippen LogP contribution in [0.15, 0.2) is 18.3 Å². The van der Waals surface area contributed by atoms with Gasteiger partial charge in [-0.05, 0) is 31.7 Å². The lowest BCUT2D eigenvalue weighted by Crippen LogP contribution is -2.03. The highest BCUT2D eigenvalue weighted by atomic mass is 16.3. The molecule has 2 heterocycles. The van der Waals surface area contributed by atoms with Crippen LogP contribution in [0.1, 0.15) is 29.8 Å². The van der Waals surface area contributed by atoms with Crippen LogP contribution in [-0.2, 0) is 19.4 Å². The zero-order valence-electron chi connectivity index (χ0n) is 8.61. The van der Waals surface area contributed by atoms with Crippen LogP contribution in [0.4, 0.5) is 0 Å². The van der Waals surface area contributed by atoms with E-state index in [2.05, 4.69) is 9.38 Å². The van der Waals surface area contributed by atoms with Crippen molar-refractivity contribution in [1.82, 2.24) is 9.38 Å². The van der Waals surface area contributed by atoms with Crippen LogP contribution >= 0.6 is 0 Å². The number of pyridine rings is 1. The van der Waals surface area contributed by atoms with Gasteiger partial charge in [0.05, 0.1) is 12.3 Å². The fourth-order valence-electron chi connectivity index (χ4n) is 2.39. The van der Waals surface area contributed by atoms with Gasteiger partial charge in [-0.25, -0.2) is 4.98 Å². The minimum Gasteiger partial charge on any atom is -0.392 e. The SMILES string of the molecule is OCc1cccn2c3c(nc12)CCCC3. The monoisotopic (exact) mass is 202 g/mol. The van der Waals surface area contributed by atoms with Gasteiger partial charge in [0.25, 0.3) is 0 Å². The Labute approximate surface area is 88.4 Å². The number of fused-ring (bicyclic) bond motifs is 3. The molecule has 2 aromatic heterocycles. The molecule has 0 spiro atoms. The summed E-state index contributed by atoms with van der Waals surface area (Å²) in [7, 11) is 0. The Morgan fingerprint density at radius 1 is 1.33 bits per heavy atom. The molecular formula is C12H14N2O. The Morgan fingerprint density at radius 3 is 3.07 bits per heavy atom. The average Bonchev–Trinajstić information content (AvgIpc) is 2.67. The molecule has 0 unspecified atom stereocenters. The summed E-state index contributed by atoms with van der Waals surface area (Å²) in [4.78, 5) is 4.63. The number of rotatable bonds is 1. The second-order valence-electron chi connectivity index (χ2n) is 4.10. The third kappa shape index (κ3) is 1.27. The molecule has 15 heavy (non-hydrogen) atoms. The van der Waals surface area contributed by atoms with Crippen LogP contribution < -0.4 is 0 Å². The summed E-state index contributed by atoms with van der Waals surface area (Å²) in [6.07, 6.45) is 6.74. The zero-order chi connectivity index (χ0) is 10.3. The molecule has 2 aromatic rings. The van der Waals surface area contributed by atoms with E-state index >= 15 is 0 Å². The van der Waals surface area contributed by atoms with Gasteiger partial charge < -0.3 is 9.51 Å². The molecule has 0 fully saturated rings. The molecule has 0 bridgehead atoms. The van der Waals surface area contributed by atoms with E-state index in [9.17, 15) is 5.11 Å². The Balaban J connectivity index is 2.31. The van der Waals surface area contributed by atoms with E-state index in [1.54, 1.807) is 0 Å². The van der Waals surface area contributed by atoms with E-state index in [0.717, 1.165) is 24.1 Å². The van der Waals surface area contributed by atoms with Crippen LogP contribution in [0.3, 0.4) is 0 Å². The number of aromatic nitrogens is 2. The second-order valence-corrected chi connectivity index (χ2v) is 4.10. The fourth-order valence-corrected chi connectivity index (χ4v) is 2.39. The Morgan fingerprint density at radius 2 is 2.20 bits per heavy atom. The smallest absolute Gasteiger partial charge is 0.142 e. The number of hydrogen-bond acceptors (Lipinski definition) is 2. The normalized spacial score (nSPS) is 15.5. The predicted molar refractivity (Wildman–Crippen MR) is 57.8 cm³/mol. The molecule has 0 saturated heterocycles. The van der Waals surface area contributed by atoms with Crippen LogP contribution in [0, 0.1) is 0 Å². The molecule has 0 atom stereocenters. The number of aliphatic hydroxyl groups is 1. The summed E-state index contributed by atoms with van der Waals surface area (Å²) < 4.78 is 2.14. The Bertz CT molecular complexity index is 502. The molecule has 78 valence electrons. The molecule has 3 rings (SSSR count). The molecular weight excluding hydrogens is 188 g/mol. The first-order valence-corrected chi connectivity index (χ1v) is 5.48. The largest absolute Gasteiger partial charge is 0.392 e. The lowest BCUT2D eigenvalue weighted by molar-refractivity contribution is 0.282. The van der Waals surface area contributed by atoms with Crippen LogP contribution in [-0.4, -0.2) is 14.5 Å². The van der Waals surface area contributed by atoms with Crippen molar-refractivity contribution >= 4 is 5.65 Å². The average molecular weight is 202 g/mol. The molecule has 1 N–H and O–H groups in total. The molecule has 3 heteroatoms. The maximum absolute atomic E-state index is 9.24. The Kier molecular flexibility index (Phi) is 1.99. The van der Waals surface area contributed by atoms with Gasteiger partial charge in [-0.1, -0.05) is 6.07 Å². The van der Waals surface area contributed by atoms with E-state index in [1.807, 2.05) is 18.3 Å². The van der Waals surface area contributed by atoms with E-state index in [0.29, 0.717) is 0 Å². The van der Waals surface area contributed by atoms with Gasteiger partial charge in [0, 0.05) is 17.5 Å². The first kappa shape index (κ1) is 8.92. The van der Waals surface area contributed by atoms with Crippen LogP contribution in [0.5, 0.6) is 0 Å². The highest BCUT2D eigenvalue weighted by molar-refractivity contribution is 5.51. The summed E-state index contributed by atoms with van der Waals surface area (Å²) in [5.41, 5.74) is 4.42. The summed E-state index contributed by atoms with van der Waals surface area (Å²) in [6.45, 7) is 0.0697. The minimum absolute atomic E-state index is 0.0697. The summed E-state index contributed by atoms with van der Waals surface area (Å²) in [5, 5.41) is 9.24. The molecule has 0 aromatic carbocycles. The van der Waals surface area contributed by atoms with E-state index in [1.165, 1.54) is 24.2 Å². The van der Waals surface area contributed by atoms with Gasteiger partial charge in [0.1, 0.15) is 5.65 Å². The predicted octanol–water partition coefficient (Wildman–Crippen LogP) is 1.71. The Hall–Kier alpha value is -1.35. The molecule has 0 amide bonds. The highest BCUT2D eigenvalue weighted by Crippen LogP contribution is 2.23. The first-order chi connectivity index (χ1) is 7.40. The van der Waals surface area contributed by atoms with Gasteiger partial charge in [-0.2, -0.15) is 0 Å². The molecule has 1 aliphatic rings. The van der Waals surface area contributed by atoms with Gasteiger partial charge in [0.2, 0.25) is 0 Å². The number of aliphatic hydroxyl groups excluding tert-OH is 1. The van der Waals surface area contributed by atoms with E-state index < -0.39 is 0 Å². The lowest BCUT2D eigenvalue weighted by atomic mass is 10.0. The van der Waals surface area contributed by atoms with Crippen LogP contribution in [0.25, 0.3) is 5.65 Å². The highest BCUT2D eigenvalue weighted by Gasteiger charge is 2.16. The van der Waals surface area contributed by atoms with E-state index in [4.69, 9.17) is 0 Å². The van der Waals surface area contributed by atoms with Crippen molar-refractivity contribution in [3.05, 3.63) is 35.3 Å². The van der Waals surface area contributed by atoms with Crippen molar-refractivity contribution in [3.63, 3.8) is 0 Å². The summed E-state index contributed by atoms with van der Waals surface area (Å²) >= 11 is 0. The van der Waals surface area contributed by atoms with Crippen molar-refractivity contribution in [1.29, 1.82) is 0 Å². The van der Waals surface area contributed by atoms with Crippen molar-refractivity contribution in [2.24, 2.45) is 0 Å². The lowest BCUT2D eigenvalue weighted by Gasteiger charge is -2.09. The van der Waals surface area contributed by atoms with Gasteiger partial charge in [0.15, 0.2) is 0 Å². The van der Waals surface area contributed by atoms with Gasteiger partial charge >= 0.3 is 0 Å². The van der Waals surface area contributed by atoms with E-state index in [-0.39, 0.29) is 6.61 Å².